The number of rotatable bonds is 12. The quantitative estimate of drug-likeness (QED) is 0.0697. The minimum atomic E-state index is -0.00104. The van der Waals surface area contributed by atoms with E-state index in [9.17, 15) is 0 Å². The summed E-state index contributed by atoms with van der Waals surface area (Å²) < 4.78 is 0. The zero-order valence-corrected chi connectivity index (χ0v) is 55.6. The molecule has 0 spiro atoms. The molecule has 1 atom stereocenters. The van der Waals surface area contributed by atoms with Crippen LogP contribution in [0.4, 0.5) is 0 Å². The van der Waals surface area contributed by atoms with Gasteiger partial charge >= 0.3 is 0 Å². The molecule has 1 unspecified atom stereocenters. The second-order valence-electron chi connectivity index (χ2n) is 19.0. The summed E-state index contributed by atoms with van der Waals surface area (Å²) in [5.41, 5.74) is 10.5. The first-order valence-electron chi connectivity index (χ1n) is 24.7. The second kappa shape index (κ2) is 68.1. The van der Waals surface area contributed by atoms with Crippen molar-refractivity contribution in [1.29, 1.82) is 0 Å². The van der Waals surface area contributed by atoms with Crippen molar-refractivity contribution in [1.82, 2.24) is 24.9 Å². The third-order valence-electron chi connectivity index (χ3n) is 6.34. The molecule has 15 heteroatoms. The topological polar surface area (TPSA) is 132 Å². The fraction of sp³-hybridized carbons (Fsp3) is 0.435. The maximum absolute atomic E-state index is 4.31. The Hall–Kier alpha value is -4.02. The van der Waals surface area contributed by atoms with E-state index < -0.39 is 0 Å². The number of aliphatic imine (C=N–C) groups is 5. The van der Waals surface area contributed by atoms with Gasteiger partial charge in [-0.2, -0.15) is 31.0 Å². The van der Waals surface area contributed by atoms with E-state index >= 15 is 0 Å². The smallest absolute Gasteiger partial charge is 0.0523 e. The van der Waals surface area contributed by atoms with Crippen molar-refractivity contribution < 1.29 is 83.9 Å². The molecule has 0 aromatic carbocycles. The molecule has 0 fully saturated rings. The summed E-state index contributed by atoms with van der Waals surface area (Å²) in [6.45, 7) is 56.2. The molecule has 0 amide bonds. The molecule has 0 bridgehead atoms. The van der Waals surface area contributed by atoms with Crippen molar-refractivity contribution in [2.75, 3.05) is 20.1 Å². The van der Waals surface area contributed by atoms with Crippen LogP contribution in [0.2, 0.25) is 0 Å². The zero-order valence-electron chi connectivity index (χ0n) is 50.4. The monoisotopic (exact) mass is 1280 g/mol. The number of allylic oxidation sites excluding steroid dienone is 5. The first-order valence-corrected chi connectivity index (χ1v) is 24.7. The Morgan fingerprint density at radius 2 is 0.766 bits per heavy atom. The van der Waals surface area contributed by atoms with Gasteiger partial charge < -0.3 is 24.9 Å². The summed E-state index contributed by atoms with van der Waals surface area (Å²) in [6.07, 6.45) is 21.3. The summed E-state index contributed by atoms with van der Waals surface area (Å²) in [5.74, 6) is 0.626. The van der Waals surface area contributed by atoms with Crippen LogP contribution in [0.15, 0.2) is 177 Å². The van der Waals surface area contributed by atoms with Gasteiger partial charge in [0.05, 0.1) is 5.54 Å². The van der Waals surface area contributed by atoms with Gasteiger partial charge in [0, 0.05) is 141 Å². The van der Waals surface area contributed by atoms with Gasteiger partial charge in [0.1, 0.15) is 0 Å². The van der Waals surface area contributed by atoms with Gasteiger partial charge in [-0.15, -0.1) is 61.4 Å². The normalized spacial score (nSPS) is 9.82. The average molecular weight is 1280 g/mol. The van der Waals surface area contributed by atoms with E-state index in [0.29, 0.717) is 12.0 Å². The Morgan fingerprint density at radius 1 is 0.481 bits per heavy atom. The summed E-state index contributed by atoms with van der Waals surface area (Å²) in [7, 11) is 1.73. The number of hydrogen-bond acceptors (Lipinski definition) is 5. The predicted molar refractivity (Wildman–Crippen MR) is 324 cm³/mol. The maximum Gasteiger partial charge on any atom is 0.0523 e. The minimum absolute atomic E-state index is 0. The van der Waals surface area contributed by atoms with Crippen molar-refractivity contribution in [3.05, 3.63) is 181 Å². The molecule has 0 N–H and O–H groups in total. The van der Waals surface area contributed by atoms with Crippen LogP contribution in [0.25, 0.3) is 0 Å². The summed E-state index contributed by atoms with van der Waals surface area (Å²) in [5, 5.41) is 0. The predicted octanol–water partition coefficient (Wildman–Crippen LogP) is 15.9. The van der Waals surface area contributed by atoms with Crippen molar-refractivity contribution in [2.45, 2.75) is 155 Å². The van der Waals surface area contributed by atoms with E-state index in [1.807, 2.05) is 149 Å². The molecule has 5 heterocycles. The van der Waals surface area contributed by atoms with E-state index in [-0.39, 0.29) is 89.4 Å². The average Bonchev–Trinajstić information content (AvgIpc) is 4.12. The van der Waals surface area contributed by atoms with E-state index in [1.165, 1.54) is 34.3 Å². The van der Waals surface area contributed by atoms with Crippen molar-refractivity contribution in [2.24, 2.45) is 30.9 Å². The van der Waals surface area contributed by atoms with Crippen LogP contribution in [0, 0.1) is 5.92 Å². The molecular formula is C62H99Co5N10-5. The van der Waals surface area contributed by atoms with E-state index in [2.05, 4.69) is 138 Å². The molecule has 10 nitrogen and oxygen atoms in total. The van der Waals surface area contributed by atoms with Gasteiger partial charge in [-0.3, -0.25) is 25.0 Å². The van der Waals surface area contributed by atoms with Crippen molar-refractivity contribution in [3.63, 3.8) is 0 Å². The third kappa shape index (κ3) is 101. The van der Waals surface area contributed by atoms with E-state index in [0.717, 1.165) is 54.4 Å². The van der Waals surface area contributed by atoms with Crippen LogP contribution in [-0.4, -0.2) is 62.8 Å². The van der Waals surface area contributed by atoms with Crippen LogP contribution >= 0.6 is 0 Å². The Bertz CT molecular complexity index is 2010. The molecular weight excluding hydrogens is 1180 g/mol. The first-order chi connectivity index (χ1) is 33.7. The number of aromatic nitrogens is 5. The molecule has 447 valence electrons. The standard InChI is InChI=1S/4C9H13N2.C6H7N2.5C4H8.5Co/c1-9(2,3)11-7-8-5-4-6-10-8;1-8(2)6-10-7-9-4-3-5-11-9;1-3-8(2)11-7-9-5-4-6-10-9;1-2-3-6-10-8-9-5-4-7-11-9;1-7-5-6-3-2-4-8-6;5*1-4(2)3;;;;;/h4-7H,1-3H3;3-5,7-8H,6H2,1-2H3;4-8H,3H2,1-2H3;4-5,7-8H,2-3,6H2,1H3;2-5H,1H3;5*1H2,2-3H3;;;;;/q5*-1;;;;;;;;;;. The van der Waals surface area contributed by atoms with Gasteiger partial charge in [-0.1, -0.05) is 123 Å². The van der Waals surface area contributed by atoms with Gasteiger partial charge in [0.15, 0.2) is 0 Å². The number of nitrogens with zero attached hydrogens (tertiary/aromatic N) is 10. The molecule has 77 heavy (non-hydrogen) atoms. The molecule has 0 saturated heterocycles. The summed E-state index contributed by atoms with van der Waals surface area (Å²) >= 11 is 0. The summed E-state index contributed by atoms with van der Waals surface area (Å²) in [4.78, 5) is 41.1. The fourth-order valence-corrected chi connectivity index (χ4v) is 3.42. The third-order valence-corrected chi connectivity index (χ3v) is 6.34. The molecule has 5 rings (SSSR count). The number of hydrogen-bond donors (Lipinski definition) is 0. The first kappa shape index (κ1) is 95.3. The SMILES string of the molecule is C=C(C)C.C=C(C)C.C=C(C)C.C=C(C)C.C=C(C)C.CC(C)(C)N=Cc1ccc[n-]1.CC(C)CN=Cc1ccc[n-]1.CCC(C)N=Cc1ccc[n-]1.CCCCN=Cc1ccc[n-]1.CN=Cc1ccc[n-]1.[Co].[Co].[Co].[Co].[Co]. The molecule has 0 aliphatic rings. The van der Waals surface area contributed by atoms with Crippen molar-refractivity contribution in [3.8, 4) is 0 Å². The van der Waals surface area contributed by atoms with Gasteiger partial charge in [0.25, 0.3) is 0 Å². The van der Waals surface area contributed by atoms with Gasteiger partial charge in [-0.05, 0) is 116 Å². The Morgan fingerprint density at radius 3 is 1.01 bits per heavy atom. The van der Waals surface area contributed by atoms with Gasteiger partial charge in [-0.25, -0.2) is 0 Å². The minimum Gasteiger partial charge on any atom is -0.663 e. The molecule has 5 aromatic rings. The second-order valence-corrected chi connectivity index (χ2v) is 19.0. The number of unbranched alkanes of at least 4 members (excludes halogenated alkanes) is 1. The van der Waals surface area contributed by atoms with Gasteiger partial charge in [0.2, 0.25) is 0 Å². The molecule has 5 radical (unpaired) electrons. The van der Waals surface area contributed by atoms with Crippen LogP contribution in [0.3, 0.4) is 0 Å². The Kier molecular flexibility index (Phi) is 84.3. The van der Waals surface area contributed by atoms with E-state index in [1.54, 1.807) is 50.5 Å². The molecule has 5 aromatic heterocycles. The maximum atomic E-state index is 4.31. The van der Waals surface area contributed by atoms with Crippen LogP contribution in [-0.2, 0) is 83.9 Å². The largest absolute Gasteiger partial charge is 0.663 e. The van der Waals surface area contributed by atoms with Crippen LogP contribution < -0.4 is 24.9 Å². The Labute approximate surface area is 523 Å². The molecule has 0 aliphatic carbocycles. The van der Waals surface area contributed by atoms with Crippen LogP contribution in [0.5, 0.6) is 0 Å². The molecule has 0 saturated carbocycles. The Balaban J connectivity index is -0.0000000828. The zero-order chi connectivity index (χ0) is 56.2. The molecule has 0 aliphatic heterocycles. The van der Waals surface area contributed by atoms with Crippen LogP contribution in [0.1, 0.15) is 172 Å². The van der Waals surface area contributed by atoms with Crippen molar-refractivity contribution >= 4 is 31.1 Å². The summed E-state index contributed by atoms with van der Waals surface area (Å²) in [6, 6.07) is 19.6. The van der Waals surface area contributed by atoms with E-state index in [4.69, 9.17) is 0 Å². The fourth-order valence-electron chi connectivity index (χ4n) is 3.42.